The van der Waals surface area contributed by atoms with E-state index in [0.717, 1.165) is 11.4 Å². The fourth-order valence-corrected chi connectivity index (χ4v) is 2.17. The van der Waals surface area contributed by atoms with Crippen molar-refractivity contribution in [3.63, 3.8) is 0 Å². The third kappa shape index (κ3) is 5.35. The molecule has 0 saturated heterocycles. The maximum atomic E-state index is 12.2. The second-order valence-corrected chi connectivity index (χ2v) is 5.19. The van der Waals surface area contributed by atoms with E-state index in [1.807, 2.05) is 12.1 Å². The highest BCUT2D eigenvalue weighted by Crippen LogP contribution is 2.19. The van der Waals surface area contributed by atoms with Crippen LogP contribution in [-0.4, -0.2) is 32.0 Å². The molecule has 2 aromatic rings. The molecule has 0 fully saturated rings. The zero-order chi connectivity index (χ0) is 17.4. The molecule has 2 rings (SSSR count). The number of ether oxygens (including phenoxy) is 1. The van der Waals surface area contributed by atoms with Gasteiger partial charge in [-0.1, -0.05) is 0 Å². The lowest BCUT2D eigenvalue weighted by Crippen LogP contribution is -2.38. The molecule has 1 aromatic carbocycles. The van der Waals surface area contributed by atoms with Crippen molar-refractivity contribution < 1.29 is 18.7 Å². The number of hydrogen-bond acceptors (Lipinski definition) is 5. The molecular weight excluding hydrogens is 310 g/mol. The van der Waals surface area contributed by atoms with Gasteiger partial charge in [0.05, 0.1) is 26.5 Å². The lowest BCUT2D eigenvalue weighted by molar-refractivity contribution is -0.120. The molecule has 1 heterocycles. The van der Waals surface area contributed by atoms with Crippen LogP contribution in [0.3, 0.4) is 0 Å². The van der Waals surface area contributed by atoms with Crippen LogP contribution >= 0.6 is 0 Å². The number of carbonyl (C=O) groups is 2. The van der Waals surface area contributed by atoms with Crippen LogP contribution in [0.5, 0.6) is 5.75 Å². The molecule has 0 aliphatic rings. The number of nitrogens with two attached hydrogens (primary N) is 1. The van der Waals surface area contributed by atoms with E-state index in [-0.39, 0.29) is 18.9 Å². The smallest absolute Gasteiger partial charge is 0.239 e. The molecule has 7 heteroatoms. The first-order valence-electron chi connectivity index (χ1n) is 7.55. The Balaban J connectivity index is 1.98. The molecule has 0 radical (unpaired) electrons. The molecule has 0 unspecified atom stereocenters. The molecule has 128 valence electrons. The predicted molar refractivity (Wildman–Crippen MR) is 89.6 cm³/mol. The normalized spacial score (nSPS) is 10.2. The average Bonchev–Trinajstić information content (AvgIpc) is 3.10. The van der Waals surface area contributed by atoms with Crippen LogP contribution in [0.25, 0.3) is 0 Å². The van der Waals surface area contributed by atoms with Crippen molar-refractivity contribution >= 4 is 17.5 Å². The lowest BCUT2D eigenvalue weighted by atomic mass is 10.2. The molecule has 1 aromatic heterocycles. The maximum absolute atomic E-state index is 12.2. The van der Waals surface area contributed by atoms with Gasteiger partial charge >= 0.3 is 0 Å². The van der Waals surface area contributed by atoms with E-state index in [1.54, 1.807) is 42.5 Å². The van der Waals surface area contributed by atoms with Gasteiger partial charge in [-0.05, 0) is 36.4 Å². The fourth-order valence-electron chi connectivity index (χ4n) is 2.17. The summed E-state index contributed by atoms with van der Waals surface area (Å²) in [5, 5.41) is 2.78. The number of carbonyl (C=O) groups excluding carboxylic acids is 2. The highest BCUT2D eigenvalue weighted by Gasteiger charge is 2.13. The van der Waals surface area contributed by atoms with Crippen molar-refractivity contribution in [2.75, 3.05) is 25.1 Å². The third-order valence-electron chi connectivity index (χ3n) is 3.44. The lowest BCUT2D eigenvalue weighted by Gasteiger charge is -2.24. The summed E-state index contributed by atoms with van der Waals surface area (Å²) in [5.74, 6) is 0.809. The average molecular weight is 331 g/mol. The molecule has 3 N–H and O–H groups in total. The fraction of sp³-hybridized carbons (Fsp3) is 0.294. The molecule has 2 amide bonds. The second kappa shape index (κ2) is 8.61. The Morgan fingerprint density at radius 2 is 2.00 bits per heavy atom. The summed E-state index contributed by atoms with van der Waals surface area (Å²) < 4.78 is 10.3. The Kier molecular flexibility index (Phi) is 6.24. The van der Waals surface area contributed by atoms with Crippen LogP contribution in [0, 0.1) is 0 Å². The summed E-state index contributed by atoms with van der Waals surface area (Å²) in [7, 11) is 1.59. The van der Waals surface area contributed by atoms with Crippen LogP contribution < -0.4 is 20.7 Å². The van der Waals surface area contributed by atoms with E-state index in [9.17, 15) is 9.59 Å². The molecular formula is C17H21N3O4. The molecule has 0 spiro atoms. The summed E-state index contributed by atoms with van der Waals surface area (Å²) in [4.78, 5) is 25.0. The maximum Gasteiger partial charge on any atom is 0.239 e. The van der Waals surface area contributed by atoms with Crippen LogP contribution in [0.1, 0.15) is 12.2 Å². The number of methoxy groups -OCH3 is 1. The van der Waals surface area contributed by atoms with Crippen LogP contribution in [0.4, 0.5) is 5.69 Å². The number of benzene rings is 1. The number of anilines is 1. The van der Waals surface area contributed by atoms with E-state index in [4.69, 9.17) is 14.9 Å². The van der Waals surface area contributed by atoms with E-state index in [2.05, 4.69) is 5.32 Å². The minimum Gasteiger partial charge on any atom is -0.497 e. The molecule has 0 bridgehead atoms. The van der Waals surface area contributed by atoms with Crippen molar-refractivity contribution in [2.45, 2.75) is 13.0 Å². The largest absolute Gasteiger partial charge is 0.497 e. The number of rotatable bonds is 9. The van der Waals surface area contributed by atoms with Gasteiger partial charge in [0.2, 0.25) is 11.8 Å². The number of primary amides is 1. The summed E-state index contributed by atoms with van der Waals surface area (Å²) in [6.07, 6.45) is 1.72. The molecule has 24 heavy (non-hydrogen) atoms. The van der Waals surface area contributed by atoms with E-state index in [1.165, 1.54) is 0 Å². The van der Waals surface area contributed by atoms with Crippen molar-refractivity contribution in [2.24, 2.45) is 5.73 Å². The van der Waals surface area contributed by atoms with Gasteiger partial charge in [0.25, 0.3) is 0 Å². The first-order chi connectivity index (χ1) is 11.6. The molecule has 7 nitrogen and oxygen atoms in total. The van der Waals surface area contributed by atoms with Gasteiger partial charge < -0.3 is 25.1 Å². The van der Waals surface area contributed by atoms with E-state index >= 15 is 0 Å². The zero-order valence-corrected chi connectivity index (χ0v) is 13.5. The van der Waals surface area contributed by atoms with Gasteiger partial charge in [0, 0.05) is 18.7 Å². The summed E-state index contributed by atoms with van der Waals surface area (Å²) in [6.45, 7) is 0.786. The Hall–Kier alpha value is -2.96. The Bertz CT molecular complexity index is 653. The Morgan fingerprint density at radius 3 is 2.58 bits per heavy atom. The Labute approximate surface area is 140 Å². The third-order valence-corrected chi connectivity index (χ3v) is 3.44. The number of nitrogens with zero attached hydrogens (tertiary/aromatic N) is 1. The first kappa shape index (κ1) is 17.4. The van der Waals surface area contributed by atoms with Gasteiger partial charge in [-0.25, -0.2) is 0 Å². The number of furan rings is 1. The molecule has 0 atom stereocenters. The second-order valence-electron chi connectivity index (χ2n) is 5.19. The Morgan fingerprint density at radius 1 is 1.25 bits per heavy atom. The molecule has 0 aliphatic carbocycles. The van der Waals surface area contributed by atoms with Crippen molar-refractivity contribution in [3.8, 4) is 5.75 Å². The number of hydrogen-bond donors (Lipinski definition) is 2. The monoisotopic (exact) mass is 331 g/mol. The summed E-state index contributed by atoms with van der Waals surface area (Å²) >= 11 is 0. The van der Waals surface area contributed by atoms with Crippen LogP contribution in [-0.2, 0) is 16.1 Å². The quantitative estimate of drug-likeness (QED) is 0.721. The number of nitrogens with one attached hydrogen (secondary N) is 1. The highest BCUT2D eigenvalue weighted by atomic mass is 16.5. The topological polar surface area (TPSA) is 97.8 Å². The summed E-state index contributed by atoms with van der Waals surface area (Å²) in [5.41, 5.74) is 6.03. The van der Waals surface area contributed by atoms with Gasteiger partial charge in [-0.2, -0.15) is 0 Å². The van der Waals surface area contributed by atoms with Gasteiger partial charge in [0.1, 0.15) is 11.5 Å². The van der Waals surface area contributed by atoms with Gasteiger partial charge in [0.15, 0.2) is 0 Å². The van der Waals surface area contributed by atoms with Gasteiger partial charge in [-0.15, -0.1) is 0 Å². The minimum atomic E-state index is -0.412. The standard InChI is InChI=1S/C17H21N3O4/c1-23-14-6-4-13(5-7-14)20(9-8-16(18)21)12-17(22)19-11-15-3-2-10-24-15/h2-7,10H,8-9,11-12H2,1H3,(H2,18,21)(H,19,22). The van der Waals surface area contributed by atoms with Crippen molar-refractivity contribution in [1.29, 1.82) is 0 Å². The molecule has 0 aliphatic heterocycles. The van der Waals surface area contributed by atoms with E-state index < -0.39 is 5.91 Å². The van der Waals surface area contributed by atoms with Crippen LogP contribution in [0.15, 0.2) is 47.1 Å². The highest BCUT2D eigenvalue weighted by molar-refractivity contribution is 5.82. The molecule has 0 saturated carbocycles. The zero-order valence-electron chi connectivity index (χ0n) is 13.5. The summed E-state index contributed by atoms with van der Waals surface area (Å²) in [6, 6.07) is 10.8. The SMILES string of the molecule is COc1ccc(N(CCC(N)=O)CC(=O)NCc2ccco2)cc1. The van der Waals surface area contributed by atoms with Crippen molar-refractivity contribution in [1.82, 2.24) is 5.32 Å². The van der Waals surface area contributed by atoms with E-state index in [0.29, 0.717) is 18.8 Å². The van der Waals surface area contributed by atoms with Gasteiger partial charge in [-0.3, -0.25) is 9.59 Å². The minimum absolute atomic E-state index is 0.111. The number of amides is 2. The predicted octanol–water partition coefficient (Wildman–Crippen LogP) is 1.29. The first-order valence-corrected chi connectivity index (χ1v) is 7.55. The van der Waals surface area contributed by atoms with Crippen LogP contribution in [0.2, 0.25) is 0 Å². The van der Waals surface area contributed by atoms with Crippen molar-refractivity contribution in [3.05, 3.63) is 48.4 Å².